The van der Waals surface area contributed by atoms with Crippen LogP contribution in [0.15, 0.2) is 72.8 Å². The van der Waals surface area contributed by atoms with E-state index in [0.717, 1.165) is 16.9 Å². The van der Waals surface area contributed by atoms with Crippen LogP contribution < -0.4 is 20.9 Å². The normalized spacial score (nSPS) is 13.8. The second-order valence-corrected chi connectivity index (χ2v) is 7.93. The molecule has 0 atom stereocenters. The van der Waals surface area contributed by atoms with Gasteiger partial charge in [0.25, 0.3) is 5.91 Å². The maximum absolute atomic E-state index is 13.7. The maximum atomic E-state index is 13.7. The molecule has 34 heavy (non-hydrogen) atoms. The van der Waals surface area contributed by atoms with E-state index >= 15 is 0 Å². The number of nitrogens with zero attached hydrogens (tertiary/aromatic N) is 1. The Morgan fingerprint density at radius 1 is 1.03 bits per heavy atom. The van der Waals surface area contributed by atoms with Crippen LogP contribution in [0.2, 0.25) is 0 Å². The number of halogens is 1. The van der Waals surface area contributed by atoms with Gasteiger partial charge in [0, 0.05) is 36.4 Å². The number of benzene rings is 3. The maximum Gasteiger partial charge on any atom is 0.258 e. The molecule has 0 saturated carbocycles. The molecule has 0 bridgehead atoms. The minimum atomic E-state index is -0.408. The number of carbonyl (C=O) groups is 2. The molecule has 0 saturated heterocycles. The number of nitrogens with one attached hydrogen (secondary N) is 3. The van der Waals surface area contributed by atoms with E-state index in [2.05, 4.69) is 16.0 Å². The average molecular weight is 459 g/mol. The van der Waals surface area contributed by atoms with Crippen LogP contribution in [0.5, 0.6) is 0 Å². The highest BCUT2D eigenvalue weighted by Gasteiger charge is 2.28. The largest absolute Gasteiger partial charge is 0.354 e. The van der Waals surface area contributed by atoms with Gasteiger partial charge >= 0.3 is 0 Å². The van der Waals surface area contributed by atoms with E-state index < -0.39 is 5.82 Å². The summed E-state index contributed by atoms with van der Waals surface area (Å²) in [6, 6.07) is 21.3. The molecule has 0 spiro atoms. The van der Waals surface area contributed by atoms with Gasteiger partial charge in [0.15, 0.2) is 0 Å². The molecule has 3 N–H and O–H groups in total. The summed E-state index contributed by atoms with van der Waals surface area (Å²) < 4.78 is 13.7. The molecule has 0 unspecified atom stereocenters. The van der Waals surface area contributed by atoms with Crippen LogP contribution in [0.4, 0.5) is 21.5 Å². The van der Waals surface area contributed by atoms with Gasteiger partial charge in [-0.15, -0.1) is 0 Å². The lowest BCUT2D eigenvalue weighted by atomic mass is 10.00. The molecule has 3 aromatic rings. The van der Waals surface area contributed by atoms with Crippen molar-refractivity contribution in [3.8, 4) is 0 Å². The fraction of sp³-hybridized carbons (Fsp3) is 0.185. The van der Waals surface area contributed by atoms with Crippen molar-refractivity contribution in [2.45, 2.75) is 13.3 Å². The third-order valence-electron chi connectivity index (χ3n) is 5.68. The lowest BCUT2D eigenvalue weighted by molar-refractivity contribution is -0.118. The zero-order valence-electron chi connectivity index (χ0n) is 19.2. The zero-order valence-corrected chi connectivity index (χ0v) is 19.2. The molecule has 0 radical (unpaired) electrons. The van der Waals surface area contributed by atoms with E-state index in [1.807, 2.05) is 68.6 Å². The molecule has 1 aliphatic heterocycles. The molecule has 1 heterocycles. The Bertz CT molecular complexity index is 1220. The lowest BCUT2D eigenvalue weighted by Crippen LogP contribution is -2.35. The molecule has 4 rings (SSSR count). The average Bonchev–Trinajstić information content (AvgIpc) is 3.18. The molecule has 1 aliphatic rings. The highest BCUT2D eigenvalue weighted by atomic mass is 19.1. The van der Waals surface area contributed by atoms with Crippen molar-refractivity contribution in [3.63, 3.8) is 0 Å². The first-order valence-corrected chi connectivity index (χ1v) is 11.2. The van der Waals surface area contributed by atoms with Crippen molar-refractivity contribution in [2.75, 3.05) is 35.7 Å². The Kier molecular flexibility index (Phi) is 7.04. The molecule has 174 valence electrons. The zero-order chi connectivity index (χ0) is 24.1. The summed E-state index contributed by atoms with van der Waals surface area (Å²) in [5.74, 6) is -0.653. The van der Waals surface area contributed by atoms with Gasteiger partial charge < -0.3 is 20.9 Å². The summed E-state index contributed by atoms with van der Waals surface area (Å²) in [6.07, 6.45) is 0.420. The summed E-state index contributed by atoms with van der Waals surface area (Å²) in [4.78, 5) is 27.1. The van der Waals surface area contributed by atoms with E-state index in [4.69, 9.17) is 0 Å². The molecule has 3 aromatic carbocycles. The van der Waals surface area contributed by atoms with Crippen LogP contribution in [0, 0.1) is 5.82 Å². The standard InChI is InChI=1S/C27H27FN4O2/c1-3-24(33)32(16-15-29-2)21-12-10-20(11-13-21)30-26(18-7-5-4-6-8-18)25-22-14-9-19(28)17-23(22)31-27(25)34/h4-14,17,29-30H,3,15-16H2,1-2H3,(H,31,34)/b26-25-. The van der Waals surface area contributed by atoms with Crippen molar-refractivity contribution in [1.29, 1.82) is 0 Å². The summed E-state index contributed by atoms with van der Waals surface area (Å²) in [6.45, 7) is 3.10. The van der Waals surface area contributed by atoms with Crippen molar-refractivity contribution in [2.24, 2.45) is 0 Å². The summed E-state index contributed by atoms with van der Waals surface area (Å²) in [5, 5.41) is 9.22. The minimum absolute atomic E-state index is 0.0505. The van der Waals surface area contributed by atoms with Crippen molar-refractivity contribution in [1.82, 2.24) is 5.32 Å². The Morgan fingerprint density at radius 3 is 2.44 bits per heavy atom. The number of carbonyl (C=O) groups excluding carboxylic acids is 2. The highest BCUT2D eigenvalue weighted by molar-refractivity contribution is 6.37. The fourth-order valence-electron chi connectivity index (χ4n) is 3.96. The smallest absolute Gasteiger partial charge is 0.258 e. The number of hydrogen-bond acceptors (Lipinski definition) is 4. The van der Waals surface area contributed by atoms with Gasteiger partial charge in [-0.2, -0.15) is 0 Å². The van der Waals surface area contributed by atoms with Gasteiger partial charge in [-0.25, -0.2) is 4.39 Å². The number of hydrogen-bond donors (Lipinski definition) is 3. The predicted molar refractivity (Wildman–Crippen MR) is 135 cm³/mol. The first-order valence-electron chi connectivity index (χ1n) is 11.2. The number of fused-ring (bicyclic) bond motifs is 1. The van der Waals surface area contributed by atoms with E-state index in [0.29, 0.717) is 42.0 Å². The van der Waals surface area contributed by atoms with Crippen molar-refractivity contribution >= 4 is 40.1 Å². The second-order valence-electron chi connectivity index (χ2n) is 7.93. The first kappa shape index (κ1) is 23.2. The lowest BCUT2D eigenvalue weighted by Gasteiger charge is -2.23. The molecular weight excluding hydrogens is 431 g/mol. The van der Waals surface area contributed by atoms with E-state index in [1.165, 1.54) is 12.1 Å². The van der Waals surface area contributed by atoms with E-state index in [1.54, 1.807) is 11.0 Å². The van der Waals surface area contributed by atoms with Crippen molar-refractivity contribution < 1.29 is 14.0 Å². The second kappa shape index (κ2) is 10.3. The van der Waals surface area contributed by atoms with Crippen LogP contribution in [0.3, 0.4) is 0 Å². The van der Waals surface area contributed by atoms with Crippen LogP contribution in [-0.2, 0) is 9.59 Å². The number of amides is 2. The van der Waals surface area contributed by atoms with Crippen LogP contribution in [-0.4, -0.2) is 32.0 Å². The molecule has 7 heteroatoms. The molecule has 2 amide bonds. The molecule has 0 aliphatic carbocycles. The van der Waals surface area contributed by atoms with E-state index in [9.17, 15) is 14.0 Å². The Labute approximate surface area is 198 Å². The van der Waals surface area contributed by atoms with Gasteiger partial charge in [0.2, 0.25) is 5.91 Å². The van der Waals surface area contributed by atoms with Gasteiger partial charge in [-0.05, 0) is 55.1 Å². The number of rotatable bonds is 8. The quantitative estimate of drug-likeness (QED) is 0.427. The molecular formula is C27H27FN4O2. The summed E-state index contributed by atoms with van der Waals surface area (Å²) in [7, 11) is 1.85. The number of anilines is 3. The van der Waals surface area contributed by atoms with Gasteiger partial charge in [0.1, 0.15) is 5.82 Å². The summed E-state index contributed by atoms with van der Waals surface area (Å²) >= 11 is 0. The molecule has 0 aromatic heterocycles. The molecule has 0 fully saturated rings. The summed E-state index contributed by atoms with van der Waals surface area (Å²) in [5.41, 5.74) is 4.54. The van der Waals surface area contributed by atoms with Gasteiger partial charge in [-0.3, -0.25) is 9.59 Å². The predicted octanol–water partition coefficient (Wildman–Crippen LogP) is 4.72. The minimum Gasteiger partial charge on any atom is -0.354 e. The number of likely N-dealkylation sites (N-methyl/N-ethyl adjacent to an activating group) is 1. The highest BCUT2D eigenvalue weighted by Crippen LogP contribution is 2.38. The van der Waals surface area contributed by atoms with Gasteiger partial charge in [-0.1, -0.05) is 37.3 Å². The SMILES string of the molecule is CCC(=O)N(CCNC)c1ccc(N/C(=C2\C(=O)Nc3cc(F)ccc32)c2ccccc2)cc1. The Morgan fingerprint density at radius 2 is 1.76 bits per heavy atom. The Hall–Kier alpha value is -3.97. The Balaban J connectivity index is 1.72. The first-order chi connectivity index (χ1) is 16.5. The molecule has 6 nitrogen and oxygen atoms in total. The topological polar surface area (TPSA) is 73.5 Å². The van der Waals surface area contributed by atoms with Crippen LogP contribution in [0.25, 0.3) is 11.3 Å². The van der Waals surface area contributed by atoms with E-state index in [-0.39, 0.29) is 11.8 Å². The van der Waals surface area contributed by atoms with Gasteiger partial charge in [0.05, 0.1) is 17.0 Å². The van der Waals surface area contributed by atoms with Crippen LogP contribution >= 0.6 is 0 Å². The fourth-order valence-corrected chi connectivity index (χ4v) is 3.96. The van der Waals surface area contributed by atoms with Crippen molar-refractivity contribution in [3.05, 3.63) is 89.7 Å². The third kappa shape index (κ3) is 4.84. The van der Waals surface area contributed by atoms with Crippen LogP contribution in [0.1, 0.15) is 24.5 Å². The third-order valence-corrected chi connectivity index (χ3v) is 5.68. The monoisotopic (exact) mass is 458 g/mol.